The van der Waals surface area contributed by atoms with Gasteiger partial charge in [-0.2, -0.15) is 0 Å². The third-order valence-electron chi connectivity index (χ3n) is 4.17. The fourth-order valence-electron chi connectivity index (χ4n) is 3.15. The molecule has 0 aromatic carbocycles. The Bertz CT molecular complexity index is 678. The summed E-state index contributed by atoms with van der Waals surface area (Å²) in [5.74, 6) is 1.90. The van der Waals surface area contributed by atoms with Gasteiger partial charge in [0, 0.05) is 31.4 Å². The Morgan fingerprint density at radius 1 is 1.50 bits per heavy atom. The van der Waals surface area contributed by atoms with Gasteiger partial charge in [0.2, 0.25) is 0 Å². The van der Waals surface area contributed by atoms with Crippen molar-refractivity contribution in [2.75, 3.05) is 25.9 Å². The number of nitrogen functional groups attached to an aromatic ring is 1. The van der Waals surface area contributed by atoms with E-state index in [2.05, 4.69) is 24.9 Å². The van der Waals surface area contributed by atoms with Crippen molar-refractivity contribution >= 4 is 5.82 Å². The van der Waals surface area contributed by atoms with E-state index in [1.807, 2.05) is 20.0 Å². The van der Waals surface area contributed by atoms with Gasteiger partial charge in [-0.1, -0.05) is 5.16 Å². The highest BCUT2D eigenvalue weighted by Gasteiger charge is 2.33. The van der Waals surface area contributed by atoms with Crippen LogP contribution in [0.15, 0.2) is 22.9 Å². The molecule has 1 fully saturated rings. The second kappa shape index (κ2) is 7.23. The summed E-state index contributed by atoms with van der Waals surface area (Å²) < 4.78 is 19.2. The van der Waals surface area contributed by atoms with Crippen molar-refractivity contribution in [1.29, 1.82) is 0 Å². The van der Waals surface area contributed by atoms with Gasteiger partial charge in [0.1, 0.15) is 17.8 Å². The predicted octanol–water partition coefficient (Wildman–Crippen LogP) is 1.40. The second-order valence-electron chi connectivity index (χ2n) is 6.45. The molecule has 2 atom stereocenters. The SMILES string of the molecule is Cc1cc(CN2C[C@@H](F)C[C@H]2CN(C)Cc2nccc(N)n2)on1. The number of likely N-dealkylation sites (tertiary alicyclic amines) is 1. The van der Waals surface area contributed by atoms with E-state index in [9.17, 15) is 4.39 Å². The minimum atomic E-state index is -0.809. The topological polar surface area (TPSA) is 84.3 Å². The highest BCUT2D eigenvalue weighted by molar-refractivity contribution is 5.24. The number of likely N-dealkylation sites (N-methyl/N-ethyl adjacent to an activating group) is 1. The third-order valence-corrected chi connectivity index (χ3v) is 4.17. The number of rotatable bonds is 6. The number of nitrogens with zero attached hydrogens (tertiary/aromatic N) is 5. The van der Waals surface area contributed by atoms with Crippen LogP contribution in [0.3, 0.4) is 0 Å². The van der Waals surface area contributed by atoms with Gasteiger partial charge >= 0.3 is 0 Å². The van der Waals surface area contributed by atoms with E-state index in [0.29, 0.717) is 37.7 Å². The lowest BCUT2D eigenvalue weighted by atomic mass is 10.2. The summed E-state index contributed by atoms with van der Waals surface area (Å²) in [6.07, 6.45) is 1.36. The zero-order valence-corrected chi connectivity index (χ0v) is 14.0. The molecule has 2 aromatic heterocycles. The Labute approximate surface area is 140 Å². The van der Waals surface area contributed by atoms with Crippen molar-refractivity contribution in [2.24, 2.45) is 0 Å². The zero-order chi connectivity index (χ0) is 17.1. The van der Waals surface area contributed by atoms with Crippen LogP contribution in [0.4, 0.5) is 10.2 Å². The Morgan fingerprint density at radius 3 is 3.04 bits per heavy atom. The van der Waals surface area contributed by atoms with Gasteiger partial charge in [-0.3, -0.25) is 9.80 Å². The Kier molecular flexibility index (Phi) is 5.06. The number of alkyl halides is 1. The average Bonchev–Trinajstić information content (AvgIpc) is 3.05. The molecule has 1 saturated heterocycles. The zero-order valence-electron chi connectivity index (χ0n) is 14.0. The molecule has 7 nitrogen and oxygen atoms in total. The van der Waals surface area contributed by atoms with Gasteiger partial charge in [0.25, 0.3) is 0 Å². The van der Waals surface area contributed by atoms with Crippen LogP contribution < -0.4 is 5.73 Å². The Balaban J connectivity index is 1.59. The molecular weight excluding hydrogens is 311 g/mol. The molecule has 0 aliphatic carbocycles. The second-order valence-corrected chi connectivity index (χ2v) is 6.45. The van der Waals surface area contributed by atoms with Gasteiger partial charge in [-0.05, 0) is 26.5 Å². The summed E-state index contributed by atoms with van der Waals surface area (Å²) in [4.78, 5) is 12.6. The molecule has 0 saturated carbocycles. The molecule has 0 bridgehead atoms. The molecule has 2 N–H and O–H groups in total. The van der Waals surface area contributed by atoms with Crippen LogP contribution in [0, 0.1) is 6.92 Å². The summed E-state index contributed by atoms with van der Waals surface area (Å²) in [5, 5.41) is 3.89. The van der Waals surface area contributed by atoms with Gasteiger partial charge < -0.3 is 10.3 Å². The lowest BCUT2D eigenvalue weighted by Gasteiger charge is -2.27. The fraction of sp³-hybridized carbons (Fsp3) is 0.562. The first-order valence-electron chi connectivity index (χ1n) is 8.06. The van der Waals surface area contributed by atoms with Crippen molar-refractivity contribution in [3.8, 4) is 0 Å². The number of aryl methyl sites for hydroxylation is 1. The average molecular weight is 334 g/mol. The van der Waals surface area contributed by atoms with E-state index < -0.39 is 6.17 Å². The molecule has 0 spiro atoms. The number of halogens is 1. The molecule has 0 unspecified atom stereocenters. The first-order valence-corrected chi connectivity index (χ1v) is 8.06. The predicted molar refractivity (Wildman–Crippen MR) is 87.7 cm³/mol. The quantitative estimate of drug-likeness (QED) is 0.855. The smallest absolute Gasteiger partial charge is 0.150 e. The maximum atomic E-state index is 13.9. The summed E-state index contributed by atoms with van der Waals surface area (Å²) in [6.45, 7) is 4.19. The number of aromatic nitrogens is 3. The van der Waals surface area contributed by atoms with Crippen LogP contribution in [-0.4, -0.2) is 57.3 Å². The molecule has 3 rings (SSSR count). The standard InChI is InChI=1S/C16H23FN6O/c1-11-5-14(24-21-11)9-23-7-12(17)6-13(23)8-22(2)10-16-19-4-3-15(18)20-16/h3-5,12-13H,6-10H2,1-2H3,(H2,18,19,20)/t12-,13-/m0/s1. The minimum Gasteiger partial charge on any atom is -0.384 e. The minimum absolute atomic E-state index is 0.122. The van der Waals surface area contributed by atoms with Crippen molar-refractivity contribution in [3.05, 3.63) is 35.6 Å². The highest BCUT2D eigenvalue weighted by atomic mass is 19.1. The largest absolute Gasteiger partial charge is 0.384 e. The van der Waals surface area contributed by atoms with E-state index in [0.717, 1.165) is 18.0 Å². The number of nitrogens with two attached hydrogens (primary N) is 1. The molecule has 1 aliphatic rings. The van der Waals surface area contributed by atoms with Gasteiger partial charge in [0.15, 0.2) is 5.76 Å². The molecule has 0 amide bonds. The molecule has 130 valence electrons. The van der Waals surface area contributed by atoms with Crippen molar-refractivity contribution in [3.63, 3.8) is 0 Å². The van der Waals surface area contributed by atoms with Crippen LogP contribution in [0.25, 0.3) is 0 Å². The molecule has 2 aromatic rings. The lowest BCUT2D eigenvalue weighted by molar-refractivity contribution is 0.164. The maximum absolute atomic E-state index is 13.9. The summed E-state index contributed by atoms with van der Waals surface area (Å²) in [6, 6.07) is 3.68. The number of hydrogen-bond acceptors (Lipinski definition) is 7. The van der Waals surface area contributed by atoms with Crippen LogP contribution >= 0.6 is 0 Å². The van der Waals surface area contributed by atoms with E-state index in [-0.39, 0.29) is 6.04 Å². The van der Waals surface area contributed by atoms with E-state index >= 15 is 0 Å². The van der Waals surface area contributed by atoms with E-state index in [4.69, 9.17) is 10.3 Å². The highest BCUT2D eigenvalue weighted by Crippen LogP contribution is 2.23. The molecule has 1 aliphatic heterocycles. The Morgan fingerprint density at radius 2 is 2.33 bits per heavy atom. The molecular formula is C16H23FN6O. The molecule has 0 radical (unpaired) electrons. The molecule has 8 heteroatoms. The first kappa shape index (κ1) is 16.8. The van der Waals surface area contributed by atoms with Crippen LogP contribution in [0.2, 0.25) is 0 Å². The molecule has 3 heterocycles. The maximum Gasteiger partial charge on any atom is 0.150 e. The van der Waals surface area contributed by atoms with E-state index in [1.165, 1.54) is 0 Å². The number of anilines is 1. The van der Waals surface area contributed by atoms with Gasteiger partial charge in [-0.15, -0.1) is 0 Å². The van der Waals surface area contributed by atoms with Crippen molar-refractivity contribution < 1.29 is 8.91 Å². The van der Waals surface area contributed by atoms with E-state index in [1.54, 1.807) is 12.3 Å². The Hall–Kier alpha value is -2.06. The lowest BCUT2D eigenvalue weighted by Crippen LogP contribution is -2.38. The summed E-state index contributed by atoms with van der Waals surface area (Å²) in [7, 11) is 1.98. The van der Waals surface area contributed by atoms with Crippen LogP contribution in [-0.2, 0) is 13.1 Å². The molecule has 24 heavy (non-hydrogen) atoms. The van der Waals surface area contributed by atoms with Crippen LogP contribution in [0.5, 0.6) is 0 Å². The fourth-order valence-corrected chi connectivity index (χ4v) is 3.15. The van der Waals surface area contributed by atoms with Gasteiger partial charge in [0.05, 0.1) is 18.8 Å². The summed E-state index contributed by atoms with van der Waals surface area (Å²) >= 11 is 0. The van der Waals surface area contributed by atoms with Crippen molar-refractivity contribution in [1.82, 2.24) is 24.9 Å². The summed E-state index contributed by atoms with van der Waals surface area (Å²) in [5.41, 5.74) is 6.52. The monoisotopic (exact) mass is 334 g/mol. The number of hydrogen-bond donors (Lipinski definition) is 1. The normalized spacial score (nSPS) is 21.7. The van der Waals surface area contributed by atoms with Gasteiger partial charge in [-0.25, -0.2) is 14.4 Å². The first-order chi connectivity index (χ1) is 11.5. The van der Waals surface area contributed by atoms with Crippen LogP contribution in [0.1, 0.15) is 23.7 Å². The van der Waals surface area contributed by atoms with Crippen molar-refractivity contribution in [2.45, 2.75) is 38.6 Å². The third kappa shape index (κ3) is 4.27.